The van der Waals surface area contributed by atoms with E-state index < -0.39 is 0 Å². The van der Waals surface area contributed by atoms with Gasteiger partial charge in [0, 0.05) is 6.04 Å². The molecular formula is C16H28N2O2. The molecule has 2 fully saturated rings. The number of hydrogen-bond donors (Lipinski definition) is 1. The molecule has 4 heteroatoms. The molecule has 3 unspecified atom stereocenters. The molecule has 1 heterocycles. The zero-order valence-electron chi connectivity index (χ0n) is 13.6. The van der Waals surface area contributed by atoms with Gasteiger partial charge < -0.3 is 10.2 Å². The Kier molecular flexibility index (Phi) is 3.87. The summed E-state index contributed by atoms with van der Waals surface area (Å²) in [6.45, 7) is 12.5. The second-order valence-corrected chi connectivity index (χ2v) is 7.80. The number of hydrogen-bond acceptors (Lipinski definition) is 2. The summed E-state index contributed by atoms with van der Waals surface area (Å²) < 4.78 is 0. The van der Waals surface area contributed by atoms with E-state index in [2.05, 4.69) is 33.0 Å². The molecule has 2 amide bonds. The molecule has 2 rings (SSSR count). The lowest BCUT2D eigenvalue weighted by molar-refractivity contribution is -0.157. The second-order valence-electron chi connectivity index (χ2n) is 7.80. The summed E-state index contributed by atoms with van der Waals surface area (Å²) in [6, 6.07) is -0.580. The molecule has 0 aromatic carbocycles. The van der Waals surface area contributed by atoms with Crippen molar-refractivity contribution in [3.05, 3.63) is 0 Å². The van der Waals surface area contributed by atoms with Crippen LogP contribution < -0.4 is 5.32 Å². The van der Waals surface area contributed by atoms with Crippen LogP contribution in [0.3, 0.4) is 0 Å². The fourth-order valence-electron chi connectivity index (χ4n) is 2.95. The van der Waals surface area contributed by atoms with E-state index in [9.17, 15) is 9.59 Å². The maximum absolute atomic E-state index is 12.9. The lowest BCUT2D eigenvalue weighted by Crippen LogP contribution is -2.68. The molecule has 0 bridgehead atoms. The van der Waals surface area contributed by atoms with Crippen LogP contribution in [0.25, 0.3) is 0 Å². The molecule has 0 aromatic rings. The summed E-state index contributed by atoms with van der Waals surface area (Å²) in [7, 11) is 0. The summed E-state index contributed by atoms with van der Waals surface area (Å²) in [4.78, 5) is 27.2. The lowest BCUT2D eigenvalue weighted by Gasteiger charge is -2.48. The van der Waals surface area contributed by atoms with Crippen LogP contribution in [0.1, 0.15) is 54.4 Å². The highest BCUT2D eigenvalue weighted by molar-refractivity contribution is 5.97. The van der Waals surface area contributed by atoms with Gasteiger partial charge in [-0.05, 0) is 37.0 Å². The number of carbonyl (C=O) groups excluding carboxylic acids is 2. The van der Waals surface area contributed by atoms with Crippen molar-refractivity contribution in [1.29, 1.82) is 0 Å². The highest BCUT2D eigenvalue weighted by atomic mass is 16.2. The predicted molar refractivity (Wildman–Crippen MR) is 79.0 cm³/mol. The minimum absolute atomic E-state index is 0.0209. The van der Waals surface area contributed by atoms with Crippen LogP contribution in [0.5, 0.6) is 0 Å². The monoisotopic (exact) mass is 280 g/mol. The van der Waals surface area contributed by atoms with E-state index in [0.29, 0.717) is 5.92 Å². The molecule has 1 aliphatic carbocycles. The van der Waals surface area contributed by atoms with Gasteiger partial charge in [0.2, 0.25) is 11.8 Å². The highest BCUT2D eigenvalue weighted by Crippen LogP contribution is 2.38. The van der Waals surface area contributed by atoms with E-state index in [4.69, 9.17) is 0 Å². The van der Waals surface area contributed by atoms with E-state index in [1.165, 1.54) is 0 Å². The van der Waals surface area contributed by atoms with Crippen LogP contribution in [0.2, 0.25) is 0 Å². The fraction of sp³-hybridized carbons (Fsp3) is 0.875. The van der Waals surface area contributed by atoms with Gasteiger partial charge >= 0.3 is 0 Å². The molecule has 3 atom stereocenters. The van der Waals surface area contributed by atoms with E-state index in [-0.39, 0.29) is 41.3 Å². The summed E-state index contributed by atoms with van der Waals surface area (Å²) in [5, 5.41) is 2.97. The summed E-state index contributed by atoms with van der Waals surface area (Å²) >= 11 is 0. The predicted octanol–water partition coefficient (Wildman–Crippen LogP) is 2.18. The zero-order chi connectivity index (χ0) is 15.2. The molecule has 0 spiro atoms. The third kappa shape index (κ3) is 2.70. The van der Waals surface area contributed by atoms with Crippen LogP contribution in [0.4, 0.5) is 0 Å². The summed E-state index contributed by atoms with van der Waals surface area (Å²) in [6.07, 6.45) is 2.11. The zero-order valence-corrected chi connectivity index (χ0v) is 13.6. The van der Waals surface area contributed by atoms with Crippen LogP contribution in [0.15, 0.2) is 0 Å². The van der Waals surface area contributed by atoms with Gasteiger partial charge in [0.1, 0.15) is 12.1 Å². The van der Waals surface area contributed by atoms with Crippen molar-refractivity contribution in [3.63, 3.8) is 0 Å². The molecule has 114 valence electrons. The largest absolute Gasteiger partial charge is 0.342 e. The smallest absolute Gasteiger partial charge is 0.246 e. The van der Waals surface area contributed by atoms with Crippen molar-refractivity contribution in [3.8, 4) is 0 Å². The Morgan fingerprint density at radius 1 is 1.15 bits per heavy atom. The molecule has 1 saturated heterocycles. The Morgan fingerprint density at radius 2 is 1.70 bits per heavy atom. The van der Waals surface area contributed by atoms with Crippen LogP contribution in [-0.4, -0.2) is 34.8 Å². The number of piperazine rings is 1. The van der Waals surface area contributed by atoms with Gasteiger partial charge in [0.15, 0.2) is 0 Å². The van der Waals surface area contributed by atoms with Gasteiger partial charge in [0.25, 0.3) is 0 Å². The molecule has 0 radical (unpaired) electrons. The van der Waals surface area contributed by atoms with Crippen molar-refractivity contribution in [2.75, 3.05) is 0 Å². The van der Waals surface area contributed by atoms with E-state index >= 15 is 0 Å². The van der Waals surface area contributed by atoms with E-state index in [0.717, 1.165) is 12.8 Å². The van der Waals surface area contributed by atoms with E-state index in [1.807, 2.05) is 18.7 Å². The average molecular weight is 280 g/mol. The lowest BCUT2D eigenvalue weighted by atomic mass is 9.83. The maximum atomic E-state index is 12.9. The molecule has 1 aliphatic heterocycles. The molecule has 1 N–H and O–H groups in total. The number of rotatable bonds is 3. The normalized spacial score (nSPS) is 29.6. The molecule has 2 aliphatic rings. The Labute approximate surface area is 122 Å². The quantitative estimate of drug-likeness (QED) is 0.861. The summed E-state index contributed by atoms with van der Waals surface area (Å²) in [5.41, 5.74) is -0.0332. The van der Waals surface area contributed by atoms with Gasteiger partial charge in [-0.2, -0.15) is 0 Å². The minimum Gasteiger partial charge on any atom is -0.342 e. The Morgan fingerprint density at radius 3 is 2.10 bits per heavy atom. The average Bonchev–Trinajstić information content (AvgIpc) is 3.12. The first kappa shape index (κ1) is 15.3. The van der Waals surface area contributed by atoms with Crippen LogP contribution in [-0.2, 0) is 9.59 Å². The van der Waals surface area contributed by atoms with Crippen molar-refractivity contribution >= 4 is 11.8 Å². The first-order valence-corrected chi connectivity index (χ1v) is 7.77. The van der Waals surface area contributed by atoms with Crippen molar-refractivity contribution < 1.29 is 9.59 Å². The standard InChI is InChI=1S/C16H28N2O2/c1-9(2)13-14(19)17-12(11-7-8-11)15(20)18(13)10(3)16(4,5)6/h9-13H,7-8H2,1-6H3,(H,17,19). The Balaban J connectivity index is 2.33. The number of carbonyl (C=O) groups is 2. The Hall–Kier alpha value is -1.06. The number of amides is 2. The highest BCUT2D eigenvalue weighted by Gasteiger charge is 2.50. The fourth-order valence-corrected chi connectivity index (χ4v) is 2.95. The molecule has 0 aromatic heterocycles. The van der Waals surface area contributed by atoms with Gasteiger partial charge in [-0.15, -0.1) is 0 Å². The Bertz CT molecular complexity index is 407. The van der Waals surface area contributed by atoms with Crippen LogP contribution >= 0.6 is 0 Å². The molecule has 1 saturated carbocycles. The number of nitrogens with zero attached hydrogens (tertiary/aromatic N) is 1. The third-order valence-corrected chi connectivity index (χ3v) is 4.78. The van der Waals surface area contributed by atoms with Crippen molar-refractivity contribution in [1.82, 2.24) is 10.2 Å². The first-order valence-electron chi connectivity index (χ1n) is 7.77. The first-order chi connectivity index (χ1) is 9.14. The van der Waals surface area contributed by atoms with Gasteiger partial charge in [-0.25, -0.2) is 0 Å². The minimum atomic E-state index is -0.341. The van der Waals surface area contributed by atoms with Gasteiger partial charge in [0.05, 0.1) is 0 Å². The summed E-state index contributed by atoms with van der Waals surface area (Å²) in [5.74, 6) is 0.624. The van der Waals surface area contributed by atoms with Gasteiger partial charge in [-0.1, -0.05) is 34.6 Å². The van der Waals surface area contributed by atoms with Crippen LogP contribution in [0, 0.1) is 17.3 Å². The number of nitrogens with one attached hydrogen (secondary N) is 1. The second kappa shape index (κ2) is 5.05. The van der Waals surface area contributed by atoms with Gasteiger partial charge in [-0.3, -0.25) is 9.59 Å². The third-order valence-electron chi connectivity index (χ3n) is 4.78. The molecule has 4 nitrogen and oxygen atoms in total. The topological polar surface area (TPSA) is 49.4 Å². The SMILES string of the molecule is CC(C)C1C(=O)NC(C2CC2)C(=O)N1C(C)C(C)(C)C. The molecular weight excluding hydrogens is 252 g/mol. The van der Waals surface area contributed by atoms with E-state index in [1.54, 1.807) is 0 Å². The van der Waals surface area contributed by atoms with Crippen molar-refractivity contribution in [2.24, 2.45) is 17.3 Å². The van der Waals surface area contributed by atoms with Crippen molar-refractivity contribution in [2.45, 2.75) is 72.5 Å². The maximum Gasteiger partial charge on any atom is 0.246 e. The molecule has 20 heavy (non-hydrogen) atoms.